The summed E-state index contributed by atoms with van der Waals surface area (Å²) in [5.41, 5.74) is 0. The molecule has 0 amide bonds. The number of hydrogen-bond donors (Lipinski definition) is 1. The molecule has 1 saturated carbocycles. The van der Waals surface area contributed by atoms with Gasteiger partial charge in [-0.25, -0.2) is 0 Å². The number of carbonyl (C=O) groups excluding carboxylic acids is 1. The van der Waals surface area contributed by atoms with Crippen LogP contribution < -0.4 is 0 Å². The number of thiol groups is 1. The van der Waals surface area contributed by atoms with Gasteiger partial charge in [-0.15, -0.1) is 0 Å². The number of ketones is 1. The molecule has 2 aliphatic rings. The fourth-order valence-electron chi connectivity index (χ4n) is 2.41. The minimum atomic E-state index is -0.136. The van der Waals surface area contributed by atoms with E-state index in [2.05, 4.69) is 12.6 Å². The summed E-state index contributed by atoms with van der Waals surface area (Å²) in [6.07, 6.45) is 10.8. The van der Waals surface area contributed by atoms with Gasteiger partial charge in [0.1, 0.15) is 0 Å². The molecule has 0 saturated heterocycles. The molecule has 0 unspecified atom stereocenters. The van der Waals surface area contributed by atoms with E-state index in [1.54, 1.807) is 23.9 Å². The fraction of sp³-hybridized carbons (Fsp3) is 0.727. The Kier molecular flexibility index (Phi) is 4.60. The van der Waals surface area contributed by atoms with E-state index in [0.717, 1.165) is 19.3 Å². The summed E-state index contributed by atoms with van der Waals surface area (Å²) in [4.78, 5) is 12.5. The number of rotatable bonds is 4. The highest BCUT2D eigenvalue weighted by atomic mass is 32.2. The molecule has 0 spiro atoms. The molecule has 1 aliphatic carbocycles. The second-order valence-electron chi connectivity index (χ2n) is 4.32. The van der Waals surface area contributed by atoms with Gasteiger partial charge in [0.2, 0.25) is 0 Å². The van der Waals surface area contributed by atoms with Crippen LogP contribution in [-0.4, -0.2) is 38.3 Å². The van der Waals surface area contributed by atoms with Crippen molar-refractivity contribution in [3.05, 3.63) is 12.4 Å². The Morgan fingerprint density at radius 1 is 1.24 bits per heavy atom. The van der Waals surface area contributed by atoms with Gasteiger partial charge < -0.3 is 0 Å². The second kappa shape index (κ2) is 5.80. The molecule has 2 rings (SSSR count). The zero-order valence-corrected chi connectivity index (χ0v) is 12.6. The third-order valence-electron chi connectivity index (χ3n) is 3.33. The van der Waals surface area contributed by atoms with E-state index in [4.69, 9.17) is 0 Å². The van der Waals surface area contributed by atoms with E-state index < -0.39 is 0 Å². The average molecular weight is 290 g/mol. The molecular formula is C11H18N2OS3. The first-order valence-electron chi connectivity index (χ1n) is 5.72. The molecule has 1 fully saturated rings. The monoisotopic (exact) mass is 290 g/mol. The lowest BCUT2D eigenvalue weighted by Crippen LogP contribution is -2.42. The fourth-order valence-corrected chi connectivity index (χ4v) is 4.03. The van der Waals surface area contributed by atoms with Crippen LogP contribution in [0.5, 0.6) is 0 Å². The van der Waals surface area contributed by atoms with Crippen LogP contribution in [0.3, 0.4) is 0 Å². The highest BCUT2D eigenvalue weighted by Crippen LogP contribution is 2.35. The molecule has 3 nitrogen and oxygen atoms in total. The van der Waals surface area contributed by atoms with Gasteiger partial charge >= 0.3 is 0 Å². The minimum Gasteiger partial charge on any atom is -0.295 e. The van der Waals surface area contributed by atoms with Crippen molar-refractivity contribution in [3.8, 4) is 0 Å². The van der Waals surface area contributed by atoms with Crippen LogP contribution in [0.2, 0.25) is 0 Å². The molecule has 0 aromatic carbocycles. The van der Waals surface area contributed by atoms with Crippen molar-refractivity contribution < 1.29 is 4.79 Å². The Hall–Kier alpha value is 0.0600. The van der Waals surface area contributed by atoms with Crippen molar-refractivity contribution >= 4 is 42.3 Å². The van der Waals surface area contributed by atoms with Gasteiger partial charge in [-0.05, 0) is 19.3 Å². The Balaban J connectivity index is 2.06. The summed E-state index contributed by atoms with van der Waals surface area (Å²) < 4.78 is 4.06. The summed E-state index contributed by atoms with van der Waals surface area (Å²) in [7, 11) is 0. The van der Waals surface area contributed by atoms with Crippen LogP contribution >= 0.6 is 36.5 Å². The molecular weight excluding hydrogens is 272 g/mol. The highest BCUT2D eigenvalue weighted by molar-refractivity contribution is 7.97. The predicted molar refractivity (Wildman–Crippen MR) is 78.8 cm³/mol. The number of hydrogen-bond acceptors (Lipinski definition) is 6. The first-order valence-corrected chi connectivity index (χ1v) is 8.60. The zero-order chi connectivity index (χ0) is 12.4. The van der Waals surface area contributed by atoms with Crippen molar-refractivity contribution in [2.45, 2.75) is 30.7 Å². The van der Waals surface area contributed by atoms with Crippen LogP contribution in [0.15, 0.2) is 12.4 Å². The SMILES string of the molecule is CSN1C=CN(SC)C1C(=O)[C@H]1CC[C@@H](S)C1. The first kappa shape index (κ1) is 13.5. The normalized spacial score (nSPS) is 29.4. The summed E-state index contributed by atoms with van der Waals surface area (Å²) in [6.45, 7) is 0. The smallest absolute Gasteiger partial charge is 0.180 e. The molecule has 0 radical (unpaired) electrons. The minimum absolute atomic E-state index is 0.136. The van der Waals surface area contributed by atoms with Crippen LogP contribution in [0.1, 0.15) is 19.3 Å². The number of nitrogens with zero attached hydrogens (tertiary/aromatic N) is 2. The Morgan fingerprint density at radius 3 is 2.24 bits per heavy atom. The molecule has 0 aromatic heterocycles. The van der Waals surface area contributed by atoms with Crippen molar-refractivity contribution in [2.75, 3.05) is 12.5 Å². The van der Waals surface area contributed by atoms with Gasteiger partial charge in [-0.3, -0.25) is 13.4 Å². The lowest BCUT2D eigenvalue weighted by Gasteiger charge is -2.29. The number of carbonyl (C=O) groups is 1. The van der Waals surface area contributed by atoms with Gasteiger partial charge in [0.15, 0.2) is 11.9 Å². The van der Waals surface area contributed by atoms with Crippen LogP contribution in [0.25, 0.3) is 0 Å². The van der Waals surface area contributed by atoms with E-state index in [1.807, 2.05) is 33.5 Å². The van der Waals surface area contributed by atoms with E-state index >= 15 is 0 Å². The van der Waals surface area contributed by atoms with Crippen molar-refractivity contribution in [2.24, 2.45) is 5.92 Å². The van der Waals surface area contributed by atoms with E-state index in [-0.39, 0.29) is 12.1 Å². The lowest BCUT2D eigenvalue weighted by molar-refractivity contribution is -0.127. The first-order chi connectivity index (χ1) is 8.17. The standard InChI is InChI=1S/C11H18N2OS3/c1-16-12-5-6-13(17-2)11(12)10(14)8-3-4-9(15)7-8/h5-6,8-9,11,15H,3-4,7H2,1-2H3/t8-,9+/m0/s1. The highest BCUT2D eigenvalue weighted by Gasteiger charge is 2.39. The average Bonchev–Trinajstić information content (AvgIpc) is 2.93. The maximum absolute atomic E-state index is 12.5. The van der Waals surface area contributed by atoms with E-state index in [0.29, 0.717) is 11.0 Å². The third-order valence-corrected chi connectivity index (χ3v) is 5.28. The largest absolute Gasteiger partial charge is 0.295 e. The quantitative estimate of drug-likeness (QED) is 0.633. The van der Waals surface area contributed by atoms with Gasteiger partial charge in [0, 0.05) is 36.1 Å². The molecule has 1 heterocycles. The summed E-state index contributed by atoms with van der Waals surface area (Å²) in [5, 5.41) is 0.406. The van der Waals surface area contributed by atoms with Gasteiger partial charge in [-0.2, -0.15) is 12.6 Å². The Bertz CT molecular complexity index is 310. The zero-order valence-electron chi connectivity index (χ0n) is 10.1. The Morgan fingerprint density at radius 2 is 1.82 bits per heavy atom. The molecule has 0 bridgehead atoms. The molecule has 2 atom stereocenters. The maximum Gasteiger partial charge on any atom is 0.180 e. The van der Waals surface area contributed by atoms with Crippen molar-refractivity contribution in [1.29, 1.82) is 0 Å². The van der Waals surface area contributed by atoms with Gasteiger partial charge in [0.25, 0.3) is 0 Å². The maximum atomic E-state index is 12.5. The van der Waals surface area contributed by atoms with E-state index in [9.17, 15) is 4.79 Å². The molecule has 96 valence electrons. The molecule has 0 aromatic rings. The molecule has 6 heteroatoms. The van der Waals surface area contributed by atoms with Crippen LogP contribution in [-0.2, 0) is 4.79 Å². The molecule has 0 N–H and O–H groups in total. The van der Waals surface area contributed by atoms with Crippen LogP contribution in [0, 0.1) is 5.92 Å². The topological polar surface area (TPSA) is 23.6 Å². The van der Waals surface area contributed by atoms with Crippen LogP contribution in [0.4, 0.5) is 0 Å². The van der Waals surface area contributed by atoms with Gasteiger partial charge in [-0.1, -0.05) is 23.9 Å². The predicted octanol–water partition coefficient (Wildman–Crippen LogP) is 2.62. The molecule has 17 heavy (non-hydrogen) atoms. The number of Topliss-reactive ketones (excluding diaryl/α,β-unsaturated/α-hetero) is 1. The third kappa shape index (κ3) is 2.74. The lowest BCUT2D eigenvalue weighted by atomic mass is 10.0. The summed E-state index contributed by atoms with van der Waals surface area (Å²) in [5.74, 6) is 0.530. The summed E-state index contributed by atoms with van der Waals surface area (Å²) >= 11 is 7.67. The Labute approximate surface area is 117 Å². The van der Waals surface area contributed by atoms with E-state index in [1.165, 1.54) is 0 Å². The van der Waals surface area contributed by atoms with Gasteiger partial charge in [0.05, 0.1) is 0 Å². The summed E-state index contributed by atoms with van der Waals surface area (Å²) in [6, 6.07) is 0. The second-order valence-corrected chi connectivity index (χ2v) is 6.63. The molecule has 1 aliphatic heterocycles. The van der Waals surface area contributed by atoms with Crippen molar-refractivity contribution in [1.82, 2.24) is 8.61 Å². The van der Waals surface area contributed by atoms with Crippen molar-refractivity contribution in [3.63, 3.8) is 0 Å².